The van der Waals surface area contributed by atoms with Crippen LogP contribution < -0.4 is 5.32 Å². The molecule has 0 heterocycles. The lowest BCUT2D eigenvalue weighted by Gasteiger charge is -2.08. The highest BCUT2D eigenvalue weighted by Gasteiger charge is 1.99. The Hall–Kier alpha value is 0.140. The van der Waals surface area contributed by atoms with E-state index in [4.69, 9.17) is 11.6 Å². The zero-order valence-corrected chi connectivity index (χ0v) is 11.9. The quantitative estimate of drug-likeness (QED) is 0.767. The van der Waals surface area contributed by atoms with Gasteiger partial charge in [0.1, 0.15) is 0 Å². The highest BCUT2D eigenvalue weighted by atomic mass is 79.9. The molecule has 1 nitrogen and oxygen atoms in total. The van der Waals surface area contributed by atoms with Gasteiger partial charge in [0.25, 0.3) is 0 Å². The number of halogens is 2. The summed E-state index contributed by atoms with van der Waals surface area (Å²) in [5.74, 6) is 1.23. The van der Waals surface area contributed by atoms with Crippen LogP contribution in [0.3, 0.4) is 0 Å². The van der Waals surface area contributed by atoms with Gasteiger partial charge < -0.3 is 5.32 Å². The van der Waals surface area contributed by atoms with Gasteiger partial charge in [-0.05, 0) is 59.0 Å². The highest BCUT2D eigenvalue weighted by Crippen LogP contribution is 2.25. The lowest BCUT2D eigenvalue weighted by atomic mass is 10.3. The van der Waals surface area contributed by atoms with Crippen LogP contribution in [-0.2, 0) is 0 Å². The topological polar surface area (TPSA) is 12.0 Å². The lowest BCUT2D eigenvalue weighted by Crippen LogP contribution is -2.02. The molecule has 0 fully saturated rings. The van der Waals surface area contributed by atoms with E-state index < -0.39 is 0 Å². The molecular weight excluding hydrogens is 294 g/mol. The third kappa shape index (κ3) is 5.14. The SMILES string of the molecule is CSCCCCNc1cc(Cl)ccc1Br. The summed E-state index contributed by atoms with van der Waals surface area (Å²) in [7, 11) is 0. The summed E-state index contributed by atoms with van der Waals surface area (Å²) < 4.78 is 1.07. The Morgan fingerprint density at radius 1 is 1.40 bits per heavy atom. The van der Waals surface area contributed by atoms with Gasteiger partial charge in [-0.3, -0.25) is 0 Å². The Kier molecular flexibility index (Phi) is 6.53. The molecule has 0 unspecified atom stereocenters. The zero-order valence-electron chi connectivity index (χ0n) is 8.72. The number of benzene rings is 1. The van der Waals surface area contributed by atoms with Crippen molar-refractivity contribution in [1.29, 1.82) is 0 Å². The van der Waals surface area contributed by atoms with Crippen LogP contribution in [0.4, 0.5) is 5.69 Å². The van der Waals surface area contributed by atoms with Gasteiger partial charge in [-0.1, -0.05) is 11.6 Å². The molecule has 0 aliphatic heterocycles. The van der Waals surface area contributed by atoms with Crippen LogP contribution in [-0.4, -0.2) is 18.6 Å². The summed E-state index contributed by atoms with van der Waals surface area (Å²) in [6.45, 7) is 1.000. The first kappa shape index (κ1) is 13.2. The Labute approximate surface area is 109 Å². The molecular formula is C11H15BrClNS. The minimum Gasteiger partial charge on any atom is -0.384 e. The summed E-state index contributed by atoms with van der Waals surface area (Å²) in [4.78, 5) is 0. The van der Waals surface area contributed by atoms with Gasteiger partial charge in [0, 0.05) is 21.7 Å². The smallest absolute Gasteiger partial charge is 0.0499 e. The van der Waals surface area contributed by atoms with E-state index in [0.717, 1.165) is 21.7 Å². The molecule has 0 amide bonds. The highest BCUT2D eigenvalue weighted by molar-refractivity contribution is 9.10. The van der Waals surface area contributed by atoms with Gasteiger partial charge in [0.15, 0.2) is 0 Å². The van der Waals surface area contributed by atoms with Crippen LogP contribution in [0.5, 0.6) is 0 Å². The molecule has 0 aliphatic carbocycles. The molecule has 0 atom stereocenters. The number of hydrogen-bond acceptors (Lipinski definition) is 2. The van der Waals surface area contributed by atoms with Gasteiger partial charge in [0.05, 0.1) is 0 Å². The molecule has 1 aromatic rings. The predicted octanol–water partition coefficient (Wildman–Crippen LogP) is 4.66. The summed E-state index contributed by atoms with van der Waals surface area (Å²) in [5.41, 5.74) is 1.08. The summed E-state index contributed by atoms with van der Waals surface area (Å²) in [6.07, 6.45) is 4.59. The van der Waals surface area contributed by atoms with Crippen molar-refractivity contribution in [3.63, 3.8) is 0 Å². The van der Waals surface area contributed by atoms with Gasteiger partial charge in [-0.25, -0.2) is 0 Å². The van der Waals surface area contributed by atoms with E-state index in [0.29, 0.717) is 0 Å². The number of anilines is 1. The average molecular weight is 309 g/mol. The summed E-state index contributed by atoms with van der Waals surface area (Å²) >= 11 is 11.3. The minimum atomic E-state index is 0.768. The van der Waals surface area contributed by atoms with Crippen LogP contribution in [0.25, 0.3) is 0 Å². The molecule has 1 aromatic carbocycles. The molecule has 0 bridgehead atoms. The van der Waals surface area contributed by atoms with Crippen LogP contribution in [0.2, 0.25) is 5.02 Å². The van der Waals surface area contributed by atoms with E-state index in [1.165, 1.54) is 18.6 Å². The van der Waals surface area contributed by atoms with Crippen LogP contribution in [0, 0.1) is 0 Å². The average Bonchev–Trinajstić information content (AvgIpc) is 2.23. The van der Waals surface area contributed by atoms with Crippen molar-refractivity contribution >= 4 is 45.0 Å². The first-order valence-electron chi connectivity index (χ1n) is 4.92. The first-order chi connectivity index (χ1) is 7.24. The Balaban J connectivity index is 2.33. The molecule has 1 rings (SSSR count). The third-order valence-electron chi connectivity index (χ3n) is 2.02. The molecule has 84 valence electrons. The van der Waals surface area contributed by atoms with E-state index in [1.54, 1.807) is 0 Å². The molecule has 15 heavy (non-hydrogen) atoms. The lowest BCUT2D eigenvalue weighted by molar-refractivity contribution is 0.843. The molecule has 0 saturated carbocycles. The fraction of sp³-hybridized carbons (Fsp3) is 0.455. The molecule has 0 aromatic heterocycles. The fourth-order valence-electron chi connectivity index (χ4n) is 1.23. The summed E-state index contributed by atoms with van der Waals surface area (Å²) in [5, 5.41) is 4.14. The van der Waals surface area contributed by atoms with Crippen LogP contribution >= 0.6 is 39.3 Å². The van der Waals surface area contributed by atoms with Crippen molar-refractivity contribution in [1.82, 2.24) is 0 Å². The van der Waals surface area contributed by atoms with E-state index in [1.807, 2.05) is 30.0 Å². The van der Waals surface area contributed by atoms with Crippen LogP contribution in [0.1, 0.15) is 12.8 Å². The van der Waals surface area contributed by atoms with E-state index in [2.05, 4.69) is 27.5 Å². The predicted molar refractivity (Wildman–Crippen MR) is 75.3 cm³/mol. The second kappa shape index (κ2) is 7.42. The van der Waals surface area contributed by atoms with Crippen molar-refractivity contribution in [2.24, 2.45) is 0 Å². The zero-order chi connectivity index (χ0) is 11.1. The second-order valence-electron chi connectivity index (χ2n) is 3.25. The Morgan fingerprint density at radius 2 is 2.20 bits per heavy atom. The number of thioether (sulfide) groups is 1. The van der Waals surface area contributed by atoms with E-state index >= 15 is 0 Å². The monoisotopic (exact) mass is 307 g/mol. The van der Waals surface area contributed by atoms with Crippen molar-refractivity contribution in [2.45, 2.75) is 12.8 Å². The van der Waals surface area contributed by atoms with Gasteiger partial charge in [-0.2, -0.15) is 11.8 Å². The maximum absolute atomic E-state index is 5.92. The molecule has 0 saturated heterocycles. The normalized spacial score (nSPS) is 10.3. The largest absolute Gasteiger partial charge is 0.384 e. The number of nitrogens with one attached hydrogen (secondary N) is 1. The van der Waals surface area contributed by atoms with Crippen molar-refractivity contribution in [3.05, 3.63) is 27.7 Å². The van der Waals surface area contributed by atoms with Crippen LogP contribution in [0.15, 0.2) is 22.7 Å². The van der Waals surface area contributed by atoms with Crippen molar-refractivity contribution in [2.75, 3.05) is 23.9 Å². The van der Waals surface area contributed by atoms with Crippen molar-refractivity contribution in [3.8, 4) is 0 Å². The molecule has 0 spiro atoms. The third-order valence-corrected chi connectivity index (χ3v) is 3.64. The maximum Gasteiger partial charge on any atom is 0.0499 e. The molecule has 4 heteroatoms. The minimum absolute atomic E-state index is 0.768. The van der Waals surface area contributed by atoms with Gasteiger partial charge in [-0.15, -0.1) is 0 Å². The van der Waals surface area contributed by atoms with E-state index in [-0.39, 0.29) is 0 Å². The van der Waals surface area contributed by atoms with E-state index in [9.17, 15) is 0 Å². The number of unbranched alkanes of at least 4 members (excludes halogenated alkanes) is 1. The molecule has 0 aliphatic rings. The number of rotatable bonds is 6. The number of hydrogen-bond donors (Lipinski definition) is 1. The van der Waals surface area contributed by atoms with Gasteiger partial charge in [0.2, 0.25) is 0 Å². The standard InChI is InChI=1S/C11H15BrClNS/c1-15-7-3-2-6-14-11-8-9(13)4-5-10(11)12/h4-5,8,14H,2-3,6-7H2,1H3. The molecule has 0 radical (unpaired) electrons. The Bertz CT molecular complexity index is 307. The molecule has 1 N–H and O–H groups in total. The maximum atomic E-state index is 5.92. The fourth-order valence-corrected chi connectivity index (χ4v) is 2.28. The Morgan fingerprint density at radius 3 is 2.93 bits per heavy atom. The van der Waals surface area contributed by atoms with Crippen molar-refractivity contribution < 1.29 is 0 Å². The first-order valence-corrected chi connectivity index (χ1v) is 7.48. The summed E-state index contributed by atoms with van der Waals surface area (Å²) in [6, 6.07) is 5.79. The second-order valence-corrected chi connectivity index (χ2v) is 5.53. The van der Waals surface area contributed by atoms with Gasteiger partial charge >= 0.3 is 0 Å².